The maximum Gasteiger partial charge on any atom is 0.252 e. The molecule has 2 rings (SSSR count). The Kier molecular flexibility index (Phi) is 5.98. The molecule has 3 N–H and O–H groups in total. The summed E-state index contributed by atoms with van der Waals surface area (Å²) in [4.78, 5) is 18.4. The number of carbonyl (C=O) groups is 1. The molecule has 0 fully saturated rings. The number of primary amides is 1. The molecule has 25 heavy (non-hydrogen) atoms. The van der Waals surface area contributed by atoms with Gasteiger partial charge in [0.2, 0.25) is 0 Å². The lowest BCUT2D eigenvalue weighted by atomic mass is 10.0. The normalized spacial score (nSPS) is 12.1. The number of ether oxygens (including phenoxy) is 1. The number of anilines is 1. The number of rotatable bonds is 7. The summed E-state index contributed by atoms with van der Waals surface area (Å²) >= 11 is 0. The fraction of sp³-hybridized carbons (Fsp3) is 0.368. The van der Waals surface area contributed by atoms with Crippen LogP contribution in [0.2, 0.25) is 0 Å². The van der Waals surface area contributed by atoms with E-state index >= 15 is 0 Å². The first-order valence-corrected chi connectivity index (χ1v) is 8.16. The van der Waals surface area contributed by atoms with Crippen molar-refractivity contribution in [2.75, 3.05) is 33.1 Å². The van der Waals surface area contributed by atoms with Gasteiger partial charge in [-0.05, 0) is 45.6 Å². The van der Waals surface area contributed by atoms with Gasteiger partial charge in [0.1, 0.15) is 11.6 Å². The largest absolute Gasteiger partial charge is 0.496 e. The number of methoxy groups -OCH3 is 1. The van der Waals surface area contributed by atoms with E-state index in [1.165, 1.54) is 0 Å². The summed E-state index contributed by atoms with van der Waals surface area (Å²) in [7, 11) is 5.67. The van der Waals surface area contributed by atoms with E-state index in [1.54, 1.807) is 7.11 Å². The summed E-state index contributed by atoms with van der Waals surface area (Å²) in [5.74, 6) is 0.865. The molecule has 1 aromatic carbocycles. The number of hydrogen-bond donors (Lipinski definition) is 2. The third kappa shape index (κ3) is 4.28. The molecular formula is C19H26N4O2. The third-order valence-electron chi connectivity index (χ3n) is 4.18. The van der Waals surface area contributed by atoms with Crippen molar-refractivity contribution >= 4 is 11.7 Å². The van der Waals surface area contributed by atoms with Crippen molar-refractivity contribution in [3.05, 3.63) is 52.7 Å². The van der Waals surface area contributed by atoms with Gasteiger partial charge in [0.25, 0.3) is 5.91 Å². The molecule has 6 heteroatoms. The monoisotopic (exact) mass is 342 g/mol. The number of likely N-dealkylation sites (N-methyl/N-ethyl adjacent to an activating group) is 1. The van der Waals surface area contributed by atoms with Crippen molar-refractivity contribution in [3.63, 3.8) is 0 Å². The van der Waals surface area contributed by atoms with Crippen molar-refractivity contribution in [1.82, 2.24) is 9.88 Å². The molecule has 0 aliphatic rings. The minimum atomic E-state index is -0.480. The summed E-state index contributed by atoms with van der Waals surface area (Å²) in [6.45, 7) is 4.32. The van der Waals surface area contributed by atoms with Gasteiger partial charge in [-0.2, -0.15) is 0 Å². The molecule has 0 saturated carbocycles. The Morgan fingerprint density at radius 3 is 2.60 bits per heavy atom. The van der Waals surface area contributed by atoms with E-state index in [1.807, 2.05) is 58.3 Å². The van der Waals surface area contributed by atoms with Gasteiger partial charge < -0.3 is 20.7 Å². The molecule has 134 valence electrons. The minimum absolute atomic E-state index is 0.0412. The van der Waals surface area contributed by atoms with Crippen LogP contribution in [0.3, 0.4) is 0 Å². The van der Waals surface area contributed by atoms with Crippen LogP contribution in [0.4, 0.5) is 5.82 Å². The highest BCUT2D eigenvalue weighted by atomic mass is 16.5. The number of carbonyl (C=O) groups excluding carboxylic acids is 1. The molecule has 0 unspecified atom stereocenters. The molecule has 0 spiro atoms. The zero-order valence-electron chi connectivity index (χ0n) is 15.5. The highest BCUT2D eigenvalue weighted by molar-refractivity contribution is 5.99. The van der Waals surface area contributed by atoms with Crippen LogP contribution < -0.4 is 15.8 Å². The second-order valence-electron chi connectivity index (χ2n) is 6.27. The van der Waals surface area contributed by atoms with Gasteiger partial charge in [-0.3, -0.25) is 4.79 Å². The quantitative estimate of drug-likeness (QED) is 0.808. The molecule has 2 aromatic rings. The fourth-order valence-corrected chi connectivity index (χ4v) is 2.98. The van der Waals surface area contributed by atoms with Gasteiger partial charge in [0.05, 0.1) is 18.7 Å². The lowest BCUT2D eigenvalue weighted by Crippen LogP contribution is -2.28. The van der Waals surface area contributed by atoms with E-state index in [2.05, 4.69) is 15.2 Å². The second-order valence-corrected chi connectivity index (χ2v) is 6.27. The summed E-state index contributed by atoms with van der Waals surface area (Å²) in [6.07, 6.45) is 0. The van der Waals surface area contributed by atoms with E-state index in [9.17, 15) is 4.79 Å². The van der Waals surface area contributed by atoms with Crippen LogP contribution in [-0.4, -0.2) is 43.5 Å². The Bertz CT molecular complexity index is 759. The van der Waals surface area contributed by atoms with Gasteiger partial charge in [0, 0.05) is 17.8 Å². The van der Waals surface area contributed by atoms with E-state index in [0.29, 0.717) is 17.9 Å². The molecule has 6 nitrogen and oxygen atoms in total. The Labute approximate surface area is 149 Å². The standard InChI is InChI=1S/C19H26N4O2/c1-12-10-13(2)22-19(17(12)18(20)24)21-11-15(23(3)4)14-8-6-7-9-16(14)25-5/h6-10,15H,11H2,1-5H3,(H2,20,24)(H,21,22)/t15-/m1/s1. The highest BCUT2D eigenvalue weighted by Crippen LogP contribution is 2.28. The maximum atomic E-state index is 11.8. The van der Waals surface area contributed by atoms with Crippen LogP contribution >= 0.6 is 0 Å². The Balaban J connectivity index is 2.33. The summed E-state index contributed by atoms with van der Waals surface area (Å²) < 4.78 is 5.48. The van der Waals surface area contributed by atoms with Gasteiger partial charge in [0.15, 0.2) is 0 Å². The predicted molar refractivity (Wildman–Crippen MR) is 100 cm³/mol. The van der Waals surface area contributed by atoms with Crippen molar-refractivity contribution in [1.29, 1.82) is 0 Å². The predicted octanol–water partition coefficient (Wildman–Crippen LogP) is 2.52. The topological polar surface area (TPSA) is 80.5 Å². The molecule has 0 aliphatic carbocycles. The molecule has 1 atom stereocenters. The number of nitrogens with zero attached hydrogens (tertiary/aromatic N) is 2. The molecule has 0 saturated heterocycles. The zero-order chi connectivity index (χ0) is 18.6. The number of nitrogens with two attached hydrogens (primary N) is 1. The molecule has 1 aromatic heterocycles. The van der Waals surface area contributed by atoms with E-state index in [4.69, 9.17) is 10.5 Å². The number of benzene rings is 1. The van der Waals surface area contributed by atoms with Gasteiger partial charge >= 0.3 is 0 Å². The first kappa shape index (κ1) is 18.7. The number of nitrogens with one attached hydrogen (secondary N) is 1. The molecule has 1 heterocycles. The average molecular weight is 342 g/mol. The van der Waals surface area contributed by atoms with Gasteiger partial charge in [-0.1, -0.05) is 18.2 Å². The Morgan fingerprint density at radius 2 is 2.00 bits per heavy atom. The Morgan fingerprint density at radius 1 is 1.32 bits per heavy atom. The first-order valence-electron chi connectivity index (χ1n) is 8.16. The smallest absolute Gasteiger partial charge is 0.252 e. The van der Waals surface area contributed by atoms with Gasteiger partial charge in [-0.25, -0.2) is 4.98 Å². The lowest BCUT2D eigenvalue weighted by Gasteiger charge is -2.27. The van der Waals surface area contributed by atoms with Crippen LogP contribution in [0.5, 0.6) is 5.75 Å². The molecule has 0 bridgehead atoms. The lowest BCUT2D eigenvalue weighted by molar-refractivity contribution is 0.1000. The average Bonchev–Trinajstić information content (AvgIpc) is 2.54. The molecule has 0 aliphatic heterocycles. The van der Waals surface area contributed by atoms with Crippen molar-refractivity contribution in [2.45, 2.75) is 19.9 Å². The van der Waals surface area contributed by atoms with E-state index in [0.717, 1.165) is 22.6 Å². The highest BCUT2D eigenvalue weighted by Gasteiger charge is 2.20. The van der Waals surface area contributed by atoms with Crippen LogP contribution in [0.15, 0.2) is 30.3 Å². The first-order chi connectivity index (χ1) is 11.8. The minimum Gasteiger partial charge on any atom is -0.496 e. The molecular weight excluding hydrogens is 316 g/mol. The number of para-hydroxylation sites is 1. The van der Waals surface area contributed by atoms with Crippen LogP contribution in [0.1, 0.15) is 33.2 Å². The van der Waals surface area contributed by atoms with Crippen LogP contribution in [0.25, 0.3) is 0 Å². The number of pyridine rings is 1. The third-order valence-corrected chi connectivity index (χ3v) is 4.18. The SMILES string of the molecule is COc1ccccc1[C@@H](CNc1nc(C)cc(C)c1C(N)=O)N(C)C. The summed E-state index contributed by atoms with van der Waals surface area (Å²) in [6, 6.07) is 9.80. The van der Waals surface area contributed by atoms with E-state index in [-0.39, 0.29) is 6.04 Å². The maximum absolute atomic E-state index is 11.8. The van der Waals surface area contributed by atoms with Crippen molar-refractivity contribution in [3.8, 4) is 5.75 Å². The number of aryl methyl sites for hydroxylation is 2. The van der Waals surface area contributed by atoms with Crippen molar-refractivity contribution in [2.24, 2.45) is 5.73 Å². The zero-order valence-corrected chi connectivity index (χ0v) is 15.5. The van der Waals surface area contributed by atoms with Crippen molar-refractivity contribution < 1.29 is 9.53 Å². The van der Waals surface area contributed by atoms with Gasteiger partial charge in [-0.15, -0.1) is 0 Å². The number of aromatic nitrogens is 1. The molecule has 0 radical (unpaired) electrons. The van der Waals surface area contributed by atoms with E-state index < -0.39 is 5.91 Å². The number of amides is 1. The second kappa shape index (κ2) is 7.98. The Hall–Kier alpha value is -2.60. The molecule has 1 amide bonds. The van der Waals surface area contributed by atoms with Crippen LogP contribution in [-0.2, 0) is 0 Å². The number of hydrogen-bond acceptors (Lipinski definition) is 5. The van der Waals surface area contributed by atoms with Crippen LogP contribution in [0, 0.1) is 13.8 Å². The fourth-order valence-electron chi connectivity index (χ4n) is 2.98. The summed E-state index contributed by atoms with van der Waals surface area (Å²) in [5.41, 5.74) is 8.69. The summed E-state index contributed by atoms with van der Waals surface area (Å²) in [5, 5.41) is 3.30.